The van der Waals surface area contributed by atoms with E-state index in [4.69, 9.17) is 4.98 Å². The minimum atomic E-state index is -0.476. The van der Waals surface area contributed by atoms with Crippen LogP contribution in [0, 0.1) is 11.2 Å². The maximum absolute atomic E-state index is 16.2. The highest BCUT2D eigenvalue weighted by Crippen LogP contribution is 2.34. The monoisotopic (exact) mass is 538 g/mol. The van der Waals surface area contributed by atoms with Crippen molar-refractivity contribution in [3.8, 4) is 22.6 Å². The first kappa shape index (κ1) is 26.3. The van der Waals surface area contributed by atoms with Crippen LogP contribution >= 0.6 is 11.3 Å². The Bertz CT molecular complexity index is 1750. The molecule has 0 bridgehead atoms. The van der Waals surface area contributed by atoms with E-state index in [9.17, 15) is 0 Å². The molecule has 4 aromatic heterocycles. The van der Waals surface area contributed by atoms with Crippen LogP contribution in [0.15, 0.2) is 84.0 Å². The van der Waals surface area contributed by atoms with E-state index in [0.29, 0.717) is 33.7 Å². The lowest BCUT2D eigenvalue weighted by molar-refractivity contribution is 0.403. The van der Waals surface area contributed by atoms with Gasteiger partial charge in [-0.05, 0) is 59.4 Å². The number of allylic oxidation sites excluding steroid dienone is 5. The lowest BCUT2D eigenvalue weighted by atomic mass is 9.91. The van der Waals surface area contributed by atoms with Gasteiger partial charge in [0.25, 0.3) is 0 Å². The first-order valence-electron chi connectivity index (χ1n) is 12.7. The van der Waals surface area contributed by atoms with Gasteiger partial charge in [-0.25, -0.2) is 9.37 Å². The standard InChI is InChI=1S/C31H31FN6S/c1-7-19(14-21(8-2)34-18(3)15-31(4,5)6)27-26(32)25-24(16-33-27)37-38-29(25)30-35-23-11-9-10-22(28(23)36-30)20-12-13-39-17-20/h7-14,16-17,34H,2-3,15H2,1,4-6H3,(H,35,36)(H,37,38)/b19-7+,21-14+. The molecule has 0 aliphatic heterocycles. The summed E-state index contributed by atoms with van der Waals surface area (Å²) in [5.74, 6) is 0.00974. The summed E-state index contributed by atoms with van der Waals surface area (Å²) in [5.41, 5.74) is 7.14. The average molecular weight is 539 g/mol. The summed E-state index contributed by atoms with van der Waals surface area (Å²) in [6.45, 7) is 16.4. The van der Waals surface area contributed by atoms with Crippen molar-refractivity contribution in [3.63, 3.8) is 0 Å². The van der Waals surface area contributed by atoms with Crippen molar-refractivity contribution in [3.05, 3.63) is 95.5 Å². The number of hydrogen-bond acceptors (Lipinski definition) is 5. The molecule has 0 unspecified atom stereocenters. The number of hydrogen-bond donors (Lipinski definition) is 3. The van der Waals surface area contributed by atoms with Crippen molar-refractivity contribution in [1.82, 2.24) is 30.5 Å². The van der Waals surface area contributed by atoms with Crippen molar-refractivity contribution in [2.75, 3.05) is 0 Å². The van der Waals surface area contributed by atoms with E-state index in [1.54, 1.807) is 23.6 Å². The zero-order valence-corrected chi connectivity index (χ0v) is 23.3. The number of rotatable bonds is 8. The second-order valence-electron chi connectivity index (χ2n) is 10.6. The fourth-order valence-corrected chi connectivity index (χ4v) is 5.29. The summed E-state index contributed by atoms with van der Waals surface area (Å²) >= 11 is 1.63. The Balaban J connectivity index is 1.55. The van der Waals surface area contributed by atoms with Gasteiger partial charge in [-0.15, -0.1) is 0 Å². The zero-order chi connectivity index (χ0) is 27.7. The summed E-state index contributed by atoms with van der Waals surface area (Å²) in [7, 11) is 0. The third kappa shape index (κ3) is 5.33. The summed E-state index contributed by atoms with van der Waals surface area (Å²) in [6, 6.07) is 8.03. The first-order chi connectivity index (χ1) is 18.7. The van der Waals surface area contributed by atoms with E-state index >= 15 is 4.39 Å². The van der Waals surface area contributed by atoms with Crippen LogP contribution in [-0.2, 0) is 0 Å². The molecule has 0 amide bonds. The van der Waals surface area contributed by atoms with E-state index in [1.807, 2.05) is 42.7 Å². The quantitative estimate of drug-likeness (QED) is 0.173. The van der Waals surface area contributed by atoms with E-state index in [1.165, 1.54) is 0 Å². The van der Waals surface area contributed by atoms with E-state index in [0.717, 1.165) is 34.3 Å². The average Bonchev–Trinajstić information content (AvgIpc) is 3.65. The van der Waals surface area contributed by atoms with Crippen LogP contribution in [0.2, 0.25) is 0 Å². The Hall–Kier alpha value is -4.30. The van der Waals surface area contributed by atoms with Gasteiger partial charge in [0.2, 0.25) is 0 Å². The van der Waals surface area contributed by atoms with Gasteiger partial charge >= 0.3 is 0 Å². The molecule has 5 aromatic rings. The Morgan fingerprint density at radius 3 is 2.72 bits per heavy atom. The second kappa shape index (κ2) is 10.5. The summed E-state index contributed by atoms with van der Waals surface area (Å²) in [5, 5.41) is 15.1. The molecule has 3 N–H and O–H groups in total. The van der Waals surface area contributed by atoms with Gasteiger partial charge in [-0.3, -0.25) is 10.1 Å². The number of halogens is 1. The lowest BCUT2D eigenvalue weighted by Crippen LogP contribution is -2.16. The predicted octanol–water partition coefficient (Wildman–Crippen LogP) is 8.38. The largest absolute Gasteiger partial charge is 0.359 e. The van der Waals surface area contributed by atoms with Gasteiger partial charge in [0.1, 0.15) is 11.4 Å². The molecule has 39 heavy (non-hydrogen) atoms. The Kier molecular flexibility index (Phi) is 7.06. The lowest BCUT2D eigenvalue weighted by Gasteiger charge is -2.21. The molecule has 0 radical (unpaired) electrons. The number of aromatic nitrogens is 5. The second-order valence-corrected chi connectivity index (χ2v) is 11.4. The van der Waals surface area contributed by atoms with E-state index < -0.39 is 5.82 Å². The Morgan fingerprint density at radius 1 is 1.21 bits per heavy atom. The normalized spacial score (nSPS) is 12.8. The summed E-state index contributed by atoms with van der Waals surface area (Å²) in [6.07, 6.45) is 7.72. The van der Waals surface area contributed by atoms with Crippen LogP contribution in [0.1, 0.15) is 39.8 Å². The number of thiophene rings is 1. The molecule has 6 nitrogen and oxygen atoms in total. The number of pyridine rings is 1. The fourth-order valence-electron chi connectivity index (χ4n) is 4.63. The number of aromatic amines is 2. The number of nitrogens with one attached hydrogen (secondary N) is 3. The SMILES string of the molecule is C=C/C(=C\C(=C/C)c1ncc2[nH]nc(-c3nc4c(-c5ccsc5)cccc4[nH]3)c2c1F)NC(=C)CC(C)(C)C. The first-order valence-corrected chi connectivity index (χ1v) is 13.6. The van der Waals surface area contributed by atoms with Gasteiger partial charge < -0.3 is 10.3 Å². The number of para-hydroxylation sites is 1. The van der Waals surface area contributed by atoms with Gasteiger partial charge in [0.15, 0.2) is 11.6 Å². The third-order valence-electron chi connectivity index (χ3n) is 6.29. The number of benzene rings is 1. The van der Waals surface area contributed by atoms with Crippen LogP contribution in [0.5, 0.6) is 0 Å². The molecular formula is C31H31FN6S. The molecule has 0 aliphatic rings. The number of imidazole rings is 1. The molecule has 198 valence electrons. The van der Waals surface area contributed by atoms with Crippen LogP contribution in [0.25, 0.3) is 50.2 Å². The molecule has 0 saturated carbocycles. The van der Waals surface area contributed by atoms with Crippen molar-refractivity contribution < 1.29 is 4.39 Å². The molecule has 0 fully saturated rings. The molecule has 0 atom stereocenters. The van der Waals surface area contributed by atoms with Gasteiger partial charge in [0, 0.05) is 22.5 Å². The molecule has 5 rings (SSSR count). The topological polar surface area (TPSA) is 82.3 Å². The molecule has 0 spiro atoms. The highest BCUT2D eigenvalue weighted by atomic mass is 32.1. The molecule has 4 heterocycles. The predicted molar refractivity (Wildman–Crippen MR) is 161 cm³/mol. The van der Waals surface area contributed by atoms with Crippen LogP contribution < -0.4 is 5.32 Å². The van der Waals surface area contributed by atoms with Crippen molar-refractivity contribution in [1.29, 1.82) is 0 Å². The van der Waals surface area contributed by atoms with E-state index in [2.05, 4.69) is 70.9 Å². The van der Waals surface area contributed by atoms with Crippen molar-refractivity contribution in [2.24, 2.45) is 5.41 Å². The van der Waals surface area contributed by atoms with Crippen LogP contribution in [0.4, 0.5) is 4.39 Å². The highest BCUT2D eigenvalue weighted by Gasteiger charge is 2.21. The van der Waals surface area contributed by atoms with Crippen molar-refractivity contribution in [2.45, 2.75) is 34.1 Å². The zero-order valence-electron chi connectivity index (χ0n) is 22.5. The highest BCUT2D eigenvalue weighted by molar-refractivity contribution is 7.08. The van der Waals surface area contributed by atoms with E-state index in [-0.39, 0.29) is 11.1 Å². The molecule has 1 aromatic carbocycles. The Labute approximate surface area is 231 Å². The smallest absolute Gasteiger partial charge is 0.161 e. The number of fused-ring (bicyclic) bond motifs is 2. The Morgan fingerprint density at radius 2 is 2.03 bits per heavy atom. The van der Waals surface area contributed by atoms with Crippen molar-refractivity contribution >= 4 is 38.8 Å². The van der Waals surface area contributed by atoms with Gasteiger partial charge in [0.05, 0.1) is 28.1 Å². The molecule has 0 saturated heterocycles. The van der Waals surface area contributed by atoms with Crippen LogP contribution in [-0.4, -0.2) is 25.1 Å². The molecular weight excluding hydrogens is 507 g/mol. The van der Waals surface area contributed by atoms with Gasteiger partial charge in [-0.1, -0.05) is 52.1 Å². The maximum atomic E-state index is 16.2. The summed E-state index contributed by atoms with van der Waals surface area (Å²) < 4.78 is 16.2. The molecule has 8 heteroatoms. The van der Waals surface area contributed by atoms with Gasteiger partial charge in [-0.2, -0.15) is 16.4 Å². The maximum Gasteiger partial charge on any atom is 0.161 e. The minimum absolute atomic E-state index is 0.0807. The minimum Gasteiger partial charge on any atom is -0.359 e. The summed E-state index contributed by atoms with van der Waals surface area (Å²) in [4.78, 5) is 12.6. The van der Waals surface area contributed by atoms with Crippen LogP contribution in [0.3, 0.4) is 0 Å². The third-order valence-corrected chi connectivity index (χ3v) is 6.98. The molecule has 0 aliphatic carbocycles. The number of nitrogens with zero attached hydrogens (tertiary/aromatic N) is 3. The fraction of sp³-hybridized carbons (Fsp3) is 0.194. The number of H-pyrrole nitrogens is 2.